The van der Waals surface area contributed by atoms with E-state index in [1.165, 1.54) is 12.1 Å². The van der Waals surface area contributed by atoms with Gasteiger partial charge in [-0.15, -0.1) is 0 Å². The molecule has 1 aromatic carbocycles. The van der Waals surface area contributed by atoms with Crippen LogP contribution in [0.4, 0.5) is 33.5 Å². The first-order chi connectivity index (χ1) is 18.7. The number of aryl methyl sites for hydroxylation is 1. The zero-order valence-corrected chi connectivity index (χ0v) is 23.0. The van der Waals surface area contributed by atoms with Crippen molar-refractivity contribution in [3.8, 4) is 0 Å². The van der Waals surface area contributed by atoms with E-state index in [0.29, 0.717) is 36.8 Å². The highest BCUT2D eigenvalue weighted by Crippen LogP contribution is 2.48. The molecule has 4 heterocycles. The summed E-state index contributed by atoms with van der Waals surface area (Å²) in [4.78, 5) is 23.4. The number of piperidine rings is 1. The number of halogens is 1. The van der Waals surface area contributed by atoms with Crippen molar-refractivity contribution < 1.29 is 9.50 Å². The van der Waals surface area contributed by atoms with E-state index in [4.69, 9.17) is 9.97 Å². The number of hydrogen-bond donors (Lipinski definition) is 3. The lowest BCUT2D eigenvalue weighted by molar-refractivity contribution is 0.311. The smallest absolute Gasteiger partial charge is 0.226 e. The number of aliphatic hydroxyl groups is 1. The van der Waals surface area contributed by atoms with Crippen molar-refractivity contribution in [2.75, 3.05) is 53.2 Å². The summed E-state index contributed by atoms with van der Waals surface area (Å²) >= 11 is 0. The highest BCUT2D eigenvalue weighted by Gasteiger charge is 2.47. The molecule has 9 nitrogen and oxygen atoms in total. The predicted octanol–water partition coefficient (Wildman–Crippen LogP) is 4.12. The second-order valence-electron chi connectivity index (χ2n) is 11.9. The number of nitrogens with zero attached hydrogens (tertiary/aromatic N) is 6. The molecule has 6 rings (SSSR count). The van der Waals surface area contributed by atoms with Gasteiger partial charge in [-0.1, -0.05) is 20.8 Å². The Morgan fingerprint density at radius 2 is 1.92 bits per heavy atom. The maximum atomic E-state index is 13.7. The molecule has 2 fully saturated rings. The highest BCUT2D eigenvalue weighted by molar-refractivity contribution is 5.75. The zero-order chi connectivity index (χ0) is 27.3. The Bertz CT molecular complexity index is 1350. The molecular formula is C29H37FN8O. The zero-order valence-electron chi connectivity index (χ0n) is 23.0. The Kier molecular flexibility index (Phi) is 6.53. The number of aliphatic hydroxyl groups excluding tert-OH is 1. The van der Waals surface area contributed by atoms with Gasteiger partial charge in [0.1, 0.15) is 29.6 Å². The van der Waals surface area contributed by atoms with Crippen LogP contribution in [0.2, 0.25) is 0 Å². The third-order valence-electron chi connectivity index (χ3n) is 8.59. The minimum Gasteiger partial charge on any atom is -0.395 e. The summed E-state index contributed by atoms with van der Waals surface area (Å²) in [6.45, 7) is 11.6. The van der Waals surface area contributed by atoms with Crippen LogP contribution in [-0.4, -0.2) is 63.9 Å². The summed E-state index contributed by atoms with van der Waals surface area (Å²) in [6.07, 6.45) is 2.78. The summed E-state index contributed by atoms with van der Waals surface area (Å²) in [5, 5.41) is 16.6. The Morgan fingerprint density at radius 1 is 1.13 bits per heavy atom. The van der Waals surface area contributed by atoms with E-state index in [2.05, 4.69) is 57.2 Å². The van der Waals surface area contributed by atoms with E-state index in [0.717, 1.165) is 53.9 Å². The van der Waals surface area contributed by atoms with Crippen molar-refractivity contribution in [3.05, 3.63) is 53.7 Å². The van der Waals surface area contributed by atoms with Gasteiger partial charge in [-0.2, -0.15) is 9.97 Å². The van der Waals surface area contributed by atoms with E-state index in [-0.39, 0.29) is 23.9 Å². The lowest BCUT2D eigenvalue weighted by atomic mass is 9.88. The van der Waals surface area contributed by atoms with Crippen molar-refractivity contribution in [1.82, 2.24) is 19.9 Å². The largest absolute Gasteiger partial charge is 0.395 e. The molecule has 3 aromatic rings. The highest BCUT2D eigenvalue weighted by atomic mass is 19.1. The van der Waals surface area contributed by atoms with Gasteiger partial charge >= 0.3 is 0 Å². The summed E-state index contributed by atoms with van der Waals surface area (Å²) in [7, 11) is 0. The lowest BCUT2D eigenvalue weighted by Crippen LogP contribution is -2.49. The van der Waals surface area contributed by atoms with Gasteiger partial charge in [-0.25, -0.2) is 14.4 Å². The van der Waals surface area contributed by atoms with Crippen LogP contribution < -0.4 is 20.4 Å². The predicted molar refractivity (Wildman–Crippen MR) is 151 cm³/mol. The molecule has 2 bridgehead atoms. The molecule has 2 aliphatic heterocycles. The Morgan fingerprint density at radius 3 is 2.64 bits per heavy atom. The SMILES string of the molecule is Cc1cc(N2CC3CC(C)C(C2)C3Nc2nc(NCCO)c3c(n2)N(c2ccc(F)cc2)CC3(C)C)ncn1. The number of nitrogens with one attached hydrogen (secondary N) is 2. The van der Waals surface area contributed by atoms with Gasteiger partial charge < -0.3 is 25.5 Å². The molecule has 0 radical (unpaired) electrons. The van der Waals surface area contributed by atoms with Gasteiger partial charge in [0.2, 0.25) is 5.95 Å². The number of hydrogen-bond acceptors (Lipinski definition) is 9. The second kappa shape index (κ2) is 9.89. The number of anilines is 5. The van der Waals surface area contributed by atoms with Gasteiger partial charge in [0.05, 0.1) is 6.61 Å². The third-order valence-corrected chi connectivity index (χ3v) is 8.59. The van der Waals surface area contributed by atoms with E-state index < -0.39 is 0 Å². The van der Waals surface area contributed by atoms with Crippen LogP contribution in [0.3, 0.4) is 0 Å². The van der Waals surface area contributed by atoms with Crippen LogP contribution in [0.25, 0.3) is 0 Å². The van der Waals surface area contributed by atoms with Crippen molar-refractivity contribution >= 4 is 29.1 Å². The molecular weight excluding hydrogens is 495 g/mol. The number of fused-ring (bicyclic) bond motifs is 3. The monoisotopic (exact) mass is 532 g/mol. The summed E-state index contributed by atoms with van der Waals surface area (Å²) in [6, 6.07) is 8.87. The molecule has 206 valence electrons. The van der Waals surface area contributed by atoms with E-state index in [1.807, 2.05) is 6.92 Å². The summed E-state index contributed by atoms with van der Waals surface area (Å²) in [5.74, 6) is 4.29. The molecule has 10 heteroatoms. The standard InChI is InChI=1S/C29H37FN8O/c1-17-11-19-13-37(23-12-18(2)32-16-33-23)14-22(17)25(19)34-28-35-26(31-9-10-39)24-27(36-28)38(15-29(24,3)4)21-7-5-20(30)6-8-21/h5-8,12,16-17,19,22,25,39H,9-11,13-15H2,1-4H3,(H2,31,34,35,36). The van der Waals surface area contributed by atoms with Crippen molar-refractivity contribution in [2.24, 2.45) is 17.8 Å². The van der Waals surface area contributed by atoms with Gasteiger partial charge in [0.15, 0.2) is 0 Å². The summed E-state index contributed by atoms with van der Waals surface area (Å²) < 4.78 is 13.7. The topological polar surface area (TPSA) is 102 Å². The van der Waals surface area contributed by atoms with Crippen LogP contribution in [0.5, 0.6) is 0 Å². The quantitative estimate of drug-likeness (QED) is 0.415. The lowest BCUT2D eigenvalue weighted by Gasteiger charge is -2.39. The molecule has 1 aliphatic carbocycles. The summed E-state index contributed by atoms with van der Waals surface area (Å²) in [5.41, 5.74) is 2.64. The molecule has 39 heavy (non-hydrogen) atoms. The van der Waals surface area contributed by atoms with Crippen LogP contribution >= 0.6 is 0 Å². The number of aromatic nitrogens is 4. The first-order valence-electron chi connectivity index (χ1n) is 13.8. The van der Waals surface area contributed by atoms with Crippen LogP contribution in [0.1, 0.15) is 38.4 Å². The fourth-order valence-electron chi connectivity index (χ4n) is 6.79. The van der Waals surface area contributed by atoms with E-state index >= 15 is 0 Å². The van der Waals surface area contributed by atoms with Crippen LogP contribution in [0, 0.1) is 30.5 Å². The number of benzene rings is 1. The van der Waals surface area contributed by atoms with Gasteiger partial charge in [-0.05, 0) is 55.4 Å². The second-order valence-corrected chi connectivity index (χ2v) is 11.9. The third kappa shape index (κ3) is 4.75. The minimum absolute atomic E-state index is 0.00623. The average molecular weight is 533 g/mol. The normalized spacial score (nSPS) is 25.1. The molecule has 3 aliphatic rings. The van der Waals surface area contributed by atoms with Crippen LogP contribution in [0.15, 0.2) is 36.7 Å². The maximum absolute atomic E-state index is 13.7. The fraction of sp³-hybridized carbons (Fsp3) is 0.517. The molecule has 1 saturated carbocycles. The van der Waals surface area contributed by atoms with Crippen molar-refractivity contribution in [2.45, 2.75) is 45.6 Å². The van der Waals surface area contributed by atoms with Gasteiger partial charge in [0.25, 0.3) is 0 Å². The molecule has 1 saturated heterocycles. The Balaban J connectivity index is 1.33. The fourth-order valence-corrected chi connectivity index (χ4v) is 6.79. The Hall–Kier alpha value is -3.53. The molecule has 4 atom stereocenters. The molecule has 3 N–H and O–H groups in total. The molecule has 0 amide bonds. The molecule has 2 aromatic heterocycles. The Labute approximate surface area is 228 Å². The first kappa shape index (κ1) is 25.7. The van der Waals surface area contributed by atoms with Crippen LogP contribution in [-0.2, 0) is 5.41 Å². The minimum atomic E-state index is -0.263. The molecule has 4 unspecified atom stereocenters. The molecule has 0 spiro atoms. The maximum Gasteiger partial charge on any atom is 0.226 e. The van der Waals surface area contributed by atoms with Crippen molar-refractivity contribution in [1.29, 1.82) is 0 Å². The number of rotatable bonds is 7. The van der Waals surface area contributed by atoms with E-state index in [9.17, 15) is 9.50 Å². The van der Waals surface area contributed by atoms with Crippen molar-refractivity contribution in [3.63, 3.8) is 0 Å². The van der Waals surface area contributed by atoms with E-state index in [1.54, 1.807) is 18.5 Å². The first-order valence-corrected chi connectivity index (χ1v) is 13.8. The van der Waals surface area contributed by atoms with Gasteiger partial charge in [0, 0.05) is 60.6 Å². The average Bonchev–Trinajstić information content (AvgIpc) is 3.26. The van der Waals surface area contributed by atoms with Gasteiger partial charge in [-0.3, -0.25) is 0 Å².